The molecular formula is C30H32N4O2. The largest absolute Gasteiger partial charge is 0.386 e. The topological polar surface area (TPSA) is 65.1 Å². The lowest BCUT2D eigenvalue weighted by molar-refractivity contribution is 0.0552. The molecule has 0 saturated carbocycles. The van der Waals surface area contributed by atoms with Crippen molar-refractivity contribution in [3.05, 3.63) is 84.4 Å². The molecule has 0 spiro atoms. The van der Waals surface area contributed by atoms with Gasteiger partial charge in [0.2, 0.25) is 0 Å². The quantitative estimate of drug-likeness (QED) is 0.343. The van der Waals surface area contributed by atoms with Crippen molar-refractivity contribution in [3.63, 3.8) is 0 Å². The van der Waals surface area contributed by atoms with E-state index in [4.69, 9.17) is 9.72 Å². The highest BCUT2D eigenvalue weighted by Crippen LogP contribution is 2.41. The first-order valence-corrected chi connectivity index (χ1v) is 12.6. The van der Waals surface area contributed by atoms with Crippen LogP contribution in [0.3, 0.4) is 0 Å². The van der Waals surface area contributed by atoms with Gasteiger partial charge in [-0.1, -0.05) is 42.5 Å². The first-order chi connectivity index (χ1) is 17.8. The Morgan fingerprint density at radius 3 is 2.53 bits per heavy atom. The SMILES string of the molecule is [2H][C@](c1ccccc1)(C1CCOCC1)n1c2cc(C(C)(C)O)ccc2c2ncc(-c3cncn3C)cc21. The van der Waals surface area contributed by atoms with E-state index in [0.29, 0.717) is 13.2 Å². The molecule has 6 rings (SSSR count). The molecule has 0 bridgehead atoms. The summed E-state index contributed by atoms with van der Waals surface area (Å²) in [4.78, 5) is 9.24. The van der Waals surface area contributed by atoms with E-state index in [1.807, 2.05) is 60.4 Å². The molecule has 6 heteroatoms. The lowest BCUT2D eigenvalue weighted by Crippen LogP contribution is -2.27. The van der Waals surface area contributed by atoms with Crippen LogP contribution >= 0.6 is 0 Å². The number of benzene rings is 2. The molecule has 36 heavy (non-hydrogen) atoms. The molecule has 1 N–H and O–H groups in total. The molecule has 184 valence electrons. The lowest BCUT2D eigenvalue weighted by Gasteiger charge is -2.33. The molecule has 1 aliphatic heterocycles. The highest BCUT2D eigenvalue weighted by Gasteiger charge is 2.31. The monoisotopic (exact) mass is 481 g/mol. The smallest absolute Gasteiger partial charge is 0.0960 e. The van der Waals surface area contributed by atoms with Gasteiger partial charge in [0.1, 0.15) is 0 Å². The second kappa shape index (κ2) is 8.87. The Balaban J connectivity index is 1.73. The number of aromatic nitrogens is 4. The number of rotatable bonds is 5. The second-order valence-electron chi connectivity index (χ2n) is 10.2. The van der Waals surface area contributed by atoms with Gasteiger partial charge in [0.15, 0.2) is 0 Å². The van der Waals surface area contributed by atoms with Crippen molar-refractivity contribution in [2.24, 2.45) is 13.0 Å². The summed E-state index contributed by atoms with van der Waals surface area (Å²) >= 11 is 0. The lowest BCUT2D eigenvalue weighted by atomic mass is 9.86. The van der Waals surface area contributed by atoms with E-state index < -0.39 is 11.6 Å². The number of hydrogen-bond donors (Lipinski definition) is 1. The molecular weight excluding hydrogens is 448 g/mol. The van der Waals surface area contributed by atoms with Gasteiger partial charge in [0.05, 0.1) is 47.8 Å². The summed E-state index contributed by atoms with van der Waals surface area (Å²) in [7, 11) is 1.97. The van der Waals surface area contributed by atoms with E-state index in [2.05, 4.69) is 27.8 Å². The molecule has 0 amide bonds. The molecule has 6 nitrogen and oxygen atoms in total. The minimum Gasteiger partial charge on any atom is -0.386 e. The third kappa shape index (κ3) is 3.91. The van der Waals surface area contributed by atoms with Crippen molar-refractivity contribution in [3.8, 4) is 11.3 Å². The average molecular weight is 482 g/mol. The number of aryl methyl sites for hydroxylation is 1. The predicted molar refractivity (Wildman–Crippen MR) is 143 cm³/mol. The molecule has 0 unspecified atom stereocenters. The fraction of sp³-hybridized carbons (Fsp3) is 0.333. The molecule has 0 aliphatic carbocycles. The van der Waals surface area contributed by atoms with Crippen LogP contribution in [0.2, 0.25) is 0 Å². The molecule has 1 fully saturated rings. The summed E-state index contributed by atoms with van der Waals surface area (Å²) in [6, 6.07) is 17.2. The van der Waals surface area contributed by atoms with Crippen molar-refractivity contribution < 1.29 is 11.2 Å². The average Bonchev–Trinajstić information content (AvgIpc) is 3.49. The van der Waals surface area contributed by atoms with Crippen molar-refractivity contribution in [2.75, 3.05) is 13.2 Å². The molecule has 4 heterocycles. The highest BCUT2D eigenvalue weighted by atomic mass is 16.5. The van der Waals surface area contributed by atoms with E-state index >= 15 is 0 Å². The van der Waals surface area contributed by atoms with Crippen LogP contribution in [-0.4, -0.2) is 37.4 Å². The number of fused-ring (bicyclic) bond motifs is 3. The Labute approximate surface area is 212 Å². The Morgan fingerprint density at radius 2 is 1.83 bits per heavy atom. The third-order valence-electron chi connectivity index (χ3n) is 7.34. The fourth-order valence-electron chi connectivity index (χ4n) is 5.42. The maximum Gasteiger partial charge on any atom is 0.0960 e. The Kier molecular flexibility index (Phi) is 5.37. The van der Waals surface area contributed by atoms with Gasteiger partial charge in [-0.3, -0.25) is 4.98 Å². The van der Waals surface area contributed by atoms with Crippen LogP contribution in [0.25, 0.3) is 33.2 Å². The van der Waals surface area contributed by atoms with Gasteiger partial charge in [0.25, 0.3) is 0 Å². The summed E-state index contributed by atoms with van der Waals surface area (Å²) in [6.45, 7) is 4.87. The minimum atomic E-state index is -1.10. The predicted octanol–water partition coefficient (Wildman–Crippen LogP) is 5.83. The Morgan fingerprint density at radius 1 is 1.06 bits per heavy atom. The summed E-state index contributed by atoms with van der Waals surface area (Å²) in [5.41, 5.74) is 5.27. The van der Waals surface area contributed by atoms with Crippen LogP contribution < -0.4 is 0 Å². The molecule has 0 radical (unpaired) electrons. The zero-order valence-corrected chi connectivity index (χ0v) is 21.0. The standard InChI is InChI=1S/C30H32N4O2/c1-30(2,35)23-9-10-24-25(16-23)34(26-15-22(17-32-28(24)26)27-18-31-19-33(27)3)29(20-7-5-4-6-8-20)21-11-13-36-14-12-21/h4-10,15-19,21,29,35H,11-14H2,1-3H3/t29-/m0/s1/i29D. The molecule has 1 atom stereocenters. The van der Waals surface area contributed by atoms with Crippen molar-refractivity contribution in [2.45, 2.75) is 38.3 Å². The number of ether oxygens (including phenoxy) is 1. The zero-order chi connectivity index (χ0) is 25.8. The van der Waals surface area contributed by atoms with Crippen molar-refractivity contribution in [1.82, 2.24) is 19.1 Å². The summed E-state index contributed by atoms with van der Waals surface area (Å²) in [5.74, 6) is 0.0357. The Bertz CT molecular complexity index is 1580. The van der Waals surface area contributed by atoms with Crippen LogP contribution in [-0.2, 0) is 17.4 Å². The number of pyridine rings is 1. The number of nitrogens with zero attached hydrogens (tertiary/aromatic N) is 4. The number of aliphatic hydroxyl groups is 1. The molecule has 3 aromatic heterocycles. The zero-order valence-electron chi connectivity index (χ0n) is 22.0. The third-order valence-corrected chi connectivity index (χ3v) is 7.34. The van der Waals surface area contributed by atoms with E-state index in [9.17, 15) is 6.48 Å². The molecule has 2 aromatic carbocycles. The van der Waals surface area contributed by atoms with Gasteiger partial charge >= 0.3 is 0 Å². The van der Waals surface area contributed by atoms with Gasteiger partial charge in [-0.15, -0.1) is 0 Å². The molecule has 5 aromatic rings. The number of imidazole rings is 1. The second-order valence-corrected chi connectivity index (χ2v) is 10.2. The summed E-state index contributed by atoms with van der Waals surface area (Å²) in [5, 5.41) is 11.9. The van der Waals surface area contributed by atoms with Crippen LogP contribution in [0.1, 0.15) is 45.2 Å². The van der Waals surface area contributed by atoms with Gasteiger partial charge in [-0.2, -0.15) is 0 Å². The number of hydrogen-bond acceptors (Lipinski definition) is 4. The summed E-state index contributed by atoms with van der Waals surface area (Å²) in [6.07, 6.45) is 7.09. The van der Waals surface area contributed by atoms with Gasteiger partial charge in [0, 0.05) is 37.4 Å². The highest BCUT2D eigenvalue weighted by molar-refractivity contribution is 6.07. The first-order valence-electron chi connectivity index (χ1n) is 13.1. The van der Waals surface area contributed by atoms with Crippen LogP contribution in [0, 0.1) is 5.92 Å². The molecule has 1 aliphatic rings. The van der Waals surface area contributed by atoms with E-state index in [-0.39, 0.29) is 5.92 Å². The van der Waals surface area contributed by atoms with Gasteiger partial charge in [-0.05, 0) is 55.9 Å². The Hall–Kier alpha value is -3.48. The van der Waals surface area contributed by atoms with Crippen LogP contribution in [0.5, 0.6) is 0 Å². The maximum atomic E-state index is 10.9. The van der Waals surface area contributed by atoms with Crippen molar-refractivity contribution in [1.29, 1.82) is 0 Å². The van der Waals surface area contributed by atoms with Gasteiger partial charge in [-0.25, -0.2) is 4.98 Å². The van der Waals surface area contributed by atoms with E-state index in [1.54, 1.807) is 20.2 Å². The minimum absolute atomic E-state index is 0.0357. The maximum absolute atomic E-state index is 10.9. The van der Waals surface area contributed by atoms with Crippen molar-refractivity contribution >= 4 is 21.9 Å². The first kappa shape index (κ1) is 21.8. The normalized spacial score (nSPS) is 17.4. The summed E-state index contributed by atoms with van der Waals surface area (Å²) < 4.78 is 20.1. The molecule has 1 saturated heterocycles. The van der Waals surface area contributed by atoms with Gasteiger partial charge < -0.3 is 19.0 Å². The fourth-order valence-corrected chi connectivity index (χ4v) is 5.42. The van der Waals surface area contributed by atoms with Crippen LogP contribution in [0.15, 0.2) is 73.3 Å². The van der Waals surface area contributed by atoms with E-state index in [1.165, 1.54) is 0 Å². The van der Waals surface area contributed by atoms with E-state index in [0.717, 1.165) is 57.2 Å². The van der Waals surface area contributed by atoms with Crippen LogP contribution in [0.4, 0.5) is 0 Å².